The van der Waals surface area contributed by atoms with Crippen molar-refractivity contribution in [1.82, 2.24) is 29.9 Å². The van der Waals surface area contributed by atoms with Crippen molar-refractivity contribution in [2.45, 2.75) is 90.5 Å². The molecule has 4 rings (SSSR count). The summed E-state index contributed by atoms with van der Waals surface area (Å²) in [4.78, 5) is 13.8. The predicted molar refractivity (Wildman–Crippen MR) is 166 cm³/mol. The summed E-state index contributed by atoms with van der Waals surface area (Å²) in [6.07, 6.45) is 13.5. The van der Waals surface area contributed by atoms with E-state index in [-0.39, 0.29) is 11.4 Å². The first kappa shape index (κ1) is 30.6. The van der Waals surface area contributed by atoms with Gasteiger partial charge in [-0.3, -0.25) is 4.98 Å². The van der Waals surface area contributed by atoms with Crippen LogP contribution in [0.4, 0.5) is 5.95 Å². The van der Waals surface area contributed by atoms with Crippen molar-refractivity contribution < 1.29 is 4.74 Å². The van der Waals surface area contributed by atoms with Gasteiger partial charge in [-0.2, -0.15) is 5.26 Å². The van der Waals surface area contributed by atoms with Crippen LogP contribution in [-0.4, -0.2) is 37.1 Å². The summed E-state index contributed by atoms with van der Waals surface area (Å²) >= 11 is 0. The molecule has 2 N–H and O–H groups in total. The first-order valence-electron chi connectivity index (χ1n) is 14.9. The van der Waals surface area contributed by atoms with Crippen molar-refractivity contribution >= 4 is 5.95 Å². The van der Waals surface area contributed by atoms with Gasteiger partial charge >= 0.3 is 0 Å². The molecule has 4 aromatic rings. The van der Waals surface area contributed by atoms with E-state index in [1.165, 1.54) is 58.5 Å². The van der Waals surface area contributed by atoms with Crippen LogP contribution in [-0.2, 0) is 12.0 Å². The standard InChI is InChI=1S/C33H42N8O/c1-5-6-7-8-9-10-11-12-19-33(2,3)30-18-14-16-25(36-30)22-41-23-29(39-40-41)28-20-27(37-32(35)38-28)26-17-13-15-24(21-34)31(26)42-4/h13-18,20,23H,5-12,19,22H2,1-4H3,(H2,35,37,38). The number of nitrogens with zero attached hydrogens (tertiary/aromatic N) is 7. The number of nitriles is 1. The summed E-state index contributed by atoms with van der Waals surface area (Å²) in [5.74, 6) is 0.526. The van der Waals surface area contributed by atoms with Crippen LogP contribution in [0, 0.1) is 11.3 Å². The van der Waals surface area contributed by atoms with E-state index in [2.05, 4.69) is 59.3 Å². The average molecular weight is 567 g/mol. The molecule has 9 nitrogen and oxygen atoms in total. The first-order chi connectivity index (χ1) is 20.3. The van der Waals surface area contributed by atoms with Crippen LogP contribution in [0.3, 0.4) is 0 Å². The van der Waals surface area contributed by atoms with Crippen molar-refractivity contribution in [1.29, 1.82) is 5.26 Å². The maximum absolute atomic E-state index is 9.47. The minimum Gasteiger partial charge on any atom is -0.495 e. The Bertz CT molecular complexity index is 1500. The van der Waals surface area contributed by atoms with E-state index in [1.807, 2.05) is 18.3 Å². The van der Waals surface area contributed by atoms with Gasteiger partial charge in [-0.1, -0.05) is 89.5 Å². The molecule has 0 bridgehead atoms. The molecule has 0 atom stereocenters. The van der Waals surface area contributed by atoms with E-state index < -0.39 is 0 Å². The lowest BCUT2D eigenvalue weighted by Gasteiger charge is -2.24. The molecule has 0 spiro atoms. The van der Waals surface area contributed by atoms with E-state index in [4.69, 9.17) is 15.5 Å². The molecule has 0 unspecified atom stereocenters. The lowest BCUT2D eigenvalue weighted by atomic mass is 9.83. The number of ether oxygens (including phenoxy) is 1. The summed E-state index contributed by atoms with van der Waals surface area (Å²) in [6, 6.07) is 15.4. The molecule has 42 heavy (non-hydrogen) atoms. The fraction of sp³-hybridized carbons (Fsp3) is 0.455. The maximum atomic E-state index is 9.47. The number of hydrogen-bond donors (Lipinski definition) is 1. The summed E-state index contributed by atoms with van der Waals surface area (Å²) in [5, 5.41) is 18.1. The summed E-state index contributed by atoms with van der Waals surface area (Å²) < 4.78 is 7.25. The Hall–Kier alpha value is -4.32. The smallest absolute Gasteiger partial charge is 0.221 e. The zero-order valence-electron chi connectivity index (χ0n) is 25.3. The third-order valence-corrected chi connectivity index (χ3v) is 7.64. The highest BCUT2D eigenvalue weighted by Gasteiger charge is 2.22. The van der Waals surface area contributed by atoms with Gasteiger partial charge in [0.2, 0.25) is 5.95 Å². The lowest BCUT2D eigenvalue weighted by Crippen LogP contribution is -2.20. The number of hydrogen-bond acceptors (Lipinski definition) is 8. The molecule has 0 fully saturated rings. The Morgan fingerprint density at radius 3 is 2.36 bits per heavy atom. The van der Waals surface area contributed by atoms with Gasteiger partial charge in [0.15, 0.2) is 0 Å². The molecule has 220 valence electrons. The normalized spacial score (nSPS) is 11.4. The van der Waals surface area contributed by atoms with E-state index in [1.54, 1.807) is 22.9 Å². The summed E-state index contributed by atoms with van der Waals surface area (Å²) in [7, 11) is 1.53. The van der Waals surface area contributed by atoms with Gasteiger partial charge in [0.25, 0.3) is 0 Å². The second-order valence-corrected chi connectivity index (χ2v) is 11.4. The molecule has 0 aliphatic heterocycles. The molecule has 3 heterocycles. The Kier molecular flexibility index (Phi) is 10.6. The van der Waals surface area contributed by atoms with Crippen LogP contribution in [0.2, 0.25) is 0 Å². The summed E-state index contributed by atoms with van der Waals surface area (Å²) in [6.45, 7) is 7.32. The van der Waals surface area contributed by atoms with Crippen molar-refractivity contribution in [3.63, 3.8) is 0 Å². The van der Waals surface area contributed by atoms with Crippen LogP contribution in [0.1, 0.15) is 95.5 Å². The van der Waals surface area contributed by atoms with E-state index >= 15 is 0 Å². The second kappa shape index (κ2) is 14.5. The number of methoxy groups -OCH3 is 1. The SMILES string of the molecule is CCCCCCCCCCC(C)(C)c1cccc(Cn2cc(-c3cc(-c4cccc(C#N)c4OC)nc(N)n3)nn2)n1. The van der Waals surface area contributed by atoms with Crippen LogP contribution in [0.5, 0.6) is 5.75 Å². The molecular weight excluding hydrogens is 524 g/mol. The Morgan fingerprint density at radius 2 is 1.62 bits per heavy atom. The first-order valence-corrected chi connectivity index (χ1v) is 14.9. The number of benzene rings is 1. The molecule has 0 radical (unpaired) electrons. The van der Waals surface area contributed by atoms with Crippen molar-refractivity contribution in [3.8, 4) is 34.5 Å². The zero-order chi connectivity index (χ0) is 30.0. The zero-order valence-corrected chi connectivity index (χ0v) is 25.3. The number of aromatic nitrogens is 6. The predicted octanol–water partition coefficient (Wildman–Crippen LogP) is 7.12. The number of unbranched alkanes of at least 4 members (excludes halogenated alkanes) is 7. The molecule has 0 aliphatic carbocycles. The minimum atomic E-state index is 0.00450. The quantitative estimate of drug-likeness (QED) is 0.151. The third kappa shape index (κ3) is 7.90. The highest BCUT2D eigenvalue weighted by atomic mass is 16.5. The number of para-hydroxylation sites is 1. The van der Waals surface area contributed by atoms with Gasteiger partial charge in [-0.25, -0.2) is 14.6 Å². The fourth-order valence-corrected chi connectivity index (χ4v) is 5.21. The molecule has 0 amide bonds. The lowest BCUT2D eigenvalue weighted by molar-refractivity contribution is 0.415. The largest absolute Gasteiger partial charge is 0.495 e. The van der Waals surface area contributed by atoms with E-state index in [0.29, 0.717) is 40.5 Å². The Morgan fingerprint density at radius 1 is 0.905 bits per heavy atom. The Labute approximate surface area is 249 Å². The van der Waals surface area contributed by atoms with Crippen molar-refractivity contribution in [3.05, 3.63) is 65.6 Å². The number of anilines is 1. The summed E-state index contributed by atoms with van der Waals surface area (Å²) in [5.41, 5.74) is 10.8. The van der Waals surface area contributed by atoms with Gasteiger partial charge in [0.05, 0.1) is 42.5 Å². The highest BCUT2D eigenvalue weighted by Crippen LogP contribution is 2.33. The topological polar surface area (TPSA) is 128 Å². The van der Waals surface area contributed by atoms with Crippen molar-refractivity contribution in [2.75, 3.05) is 12.8 Å². The van der Waals surface area contributed by atoms with Crippen LogP contribution in [0.15, 0.2) is 48.7 Å². The molecule has 0 saturated heterocycles. The number of rotatable bonds is 15. The number of nitrogens with two attached hydrogens (primary N) is 1. The van der Waals surface area contributed by atoms with E-state index in [0.717, 1.165) is 17.8 Å². The van der Waals surface area contributed by atoms with Gasteiger partial charge in [-0.15, -0.1) is 5.10 Å². The van der Waals surface area contributed by atoms with Crippen molar-refractivity contribution in [2.24, 2.45) is 0 Å². The Balaban J connectivity index is 1.43. The van der Waals surface area contributed by atoms with Gasteiger partial charge in [0.1, 0.15) is 17.5 Å². The average Bonchev–Trinajstić information content (AvgIpc) is 3.46. The van der Waals surface area contributed by atoms with Crippen LogP contribution in [0.25, 0.3) is 22.6 Å². The molecule has 3 aromatic heterocycles. The second-order valence-electron chi connectivity index (χ2n) is 11.4. The molecule has 9 heteroatoms. The highest BCUT2D eigenvalue weighted by molar-refractivity contribution is 5.74. The minimum absolute atomic E-state index is 0.00450. The molecular formula is C33H42N8O. The van der Waals surface area contributed by atoms with E-state index in [9.17, 15) is 5.26 Å². The molecule has 0 saturated carbocycles. The number of nitrogen functional groups attached to an aromatic ring is 1. The number of pyridine rings is 1. The van der Waals surface area contributed by atoms with Gasteiger partial charge < -0.3 is 10.5 Å². The van der Waals surface area contributed by atoms with Gasteiger partial charge in [0, 0.05) is 16.7 Å². The maximum Gasteiger partial charge on any atom is 0.221 e. The molecule has 1 aromatic carbocycles. The monoisotopic (exact) mass is 566 g/mol. The fourth-order valence-electron chi connectivity index (χ4n) is 5.21. The van der Waals surface area contributed by atoms with Gasteiger partial charge in [-0.05, 0) is 36.8 Å². The van der Waals surface area contributed by atoms with Crippen LogP contribution >= 0.6 is 0 Å². The van der Waals surface area contributed by atoms with Crippen LogP contribution < -0.4 is 10.5 Å². The third-order valence-electron chi connectivity index (χ3n) is 7.64. The molecule has 0 aliphatic rings.